The first-order chi connectivity index (χ1) is 11.3. The minimum Gasteiger partial charge on any atom is -0.379 e. The summed E-state index contributed by atoms with van der Waals surface area (Å²) in [5, 5.41) is 2.89. The maximum absolute atomic E-state index is 12.1. The van der Waals surface area contributed by atoms with Gasteiger partial charge in [-0.3, -0.25) is 9.69 Å². The summed E-state index contributed by atoms with van der Waals surface area (Å²) < 4.78 is 10.6. The fraction of sp³-hybridized carbons (Fsp3) is 0.667. The van der Waals surface area contributed by atoms with Crippen molar-refractivity contribution in [3.8, 4) is 0 Å². The zero-order valence-corrected chi connectivity index (χ0v) is 13.2. The molecule has 3 heterocycles. The molecule has 0 atom stereocenters. The number of ether oxygens (including phenoxy) is 2. The first-order valence-electron chi connectivity index (χ1n) is 8.06. The molecule has 1 aromatic heterocycles. The highest BCUT2D eigenvalue weighted by Crippen LogP contribution is 2.10. The van der Waals surface area contributed by atoms with E-state index < -0.39 is 0 Å². The van der Waals surface area contributed by atoms with Crippen LogP contribution in [0.1, 0.15) is 10.5 Å². The molecule has 0 saturated carbocycles. The number of nitrogens with one attached hydrogen (secondary N) is 1. The fourth-order valence-electron chi connectivity index (χ4n) is 2.64. The van der Waals surface area contributed by atoms with Crippen LogP contribution in [0.4, 0.5) is 5.82 Å². The molecule has 1 amide bonds. The number of aromatic nitrogens is 2. The Morgan fingerprint density at radius 3 is 2.39 bits per heavy atom. The molecule has 1 aromatic rings. The van der Waals surface area contributed by atoms with Crippen molar-refractivity contribution in [3.05, 3.63) is 18.1 Å². The summed E-state index contributed by atoms with van der Waals surface area (Å²) in [6.45, 7) is 7.81. The molecular formula is C15H23N5O3. The predicted molar refractivity (Wildman–Crippen MR) is 84.7 cm³/mol. The van der Waals surface area contributed by atoms with Crippen LogP contribution in [0.5, 0.6) is 0 Å². The van der Waals surface area contributed by atoms with E-state index >= 15 is 0 Å². The minimum atomic E-state index is -0.181. The van der Waals surface area contributed by atoms with Gasteiger partial charge < -0.3 is 19.7 Å². The van der Waals surface area contributed by atoms with Crippen LogP contribution in [-0.2, 0) is 9.47 Å². The van der Waals surface area contributed by atoms with Gasteiger partial charge in [0.2, 0.25) is 0 Å². The van der Waals surface area contributed by atoms with Gasteiger partial charge in [-0.05, 0) is 0 Å². The average molecular weight is 321 g/mol. The van der Waals surface area contributed by atoms with Crippen molar-refractivity contribution < 1.29 is 14.3 Å². The summed E-state index contributed by atoms with van der Waals surface area (Å²) in [7, 11) is 0. The molecule has 0 aromatic carbocycles. The van der Waals surface area contributed by atoms with E-state index in [1.165, 1.54) is 6.20 Å². The van der Waals surface area contributed by atoms with Gasteiger partial charge >= 0.3 is 0 Å². The number of morpholine rings is 2. The Labute approximate surface area is 135 Å². The standard InChI is InChI=1S/C15H23N5O3/c21-15(16-1-2-19-3-7-22-8-4-19)13-11-18-14(12-17-13)20-5-9-23-10-6-20/h11-12H,1-10H2,(H,16,21). The highest BCUT2D eigenvalue weighted by molar-refractivity contribution is 5.91. The third kappa shape index (κ3) is 4.60. The van der Waals surface area contributed by atoms with Gasteiger partial charge in [0.1, 0.15) is 11.5 Å². The normalized spacial score (nSPS) is 19.6. The molecule has 0 aliphatic carbocycles. The van der Waals surface area contributed by atoms with Gasteiger partial charge in [-0.15, -0.1) is 0 Å². The smallest absolute Gasteiger partial charge is 0.271 e. The third-order valence-electron chi connectivity index (χ3n) is 4.02. The van der Waals surface area contributed by atoms with Crippen LogP contribution < -0.4 is 10.2 Å². The molecule has 0 radical (unpaired) electrons. The number of nitrogens with zero attached hydrogens (tertiary/aromatic N) is 4. The molecule has 3 rings (SSSR count). The SMILES string of the molecule is O=C(NCCN1CCOCC1)c1cnc(N2CCOCC2)cn1. The molecule has 8 heteroatoms. The van der Waals surface area contributed by atoms with E-state index in [2.05, 4.69) is 25.1 Å². The summed E-state index contributed by atoms with van der Waals surface area (Å²) in [6, 6.07) is 0. The van der Waals surface area contributed by atoms with Gasteiger partial charge in [0.25, 0.3) is 5.91 Å². The lowest BCUT2D eigenvalue weighted by Crippen LogP contribution is -2.41. The van der Waals surface area contributed by atoms with Crippen LogP contribution in [0.3, 0.4) is 0 Å². The highest BCUT2D eigenvalue weighted by atomic mass is 16.5. The summed E-state index contributed by atoms with van der Waals surface area (Å²) in [5.74, 6) is 0.609. The quantitative estimate of drug-likeness (QED) is 0.774. The molecule has 0 unspecified atom stereocenters. The molecule has 2 aliphatic heterocycles. The lowest BCUT2D eigenvalue weighted by atomic mass is 10.3. The molecule has 23 heavy (non-hydrogen) atoms. The van der Waals surface area contributed by atoms with Crippen LogP contribution in [0.25, 0.3) is 0 Å². The number of anilines is 1. The van der Waals surface area contributed by atoms with Crippen LogP contribution >= 0.6 is 0 Å². The van der Waals surface area contributed by atoms with Crippen LogP contribution in [0.2, 0.25) is 0 Å². The number of rotatable bonds is 5. The Kier molecular flexibility index (Phi) is 5.73. The van der Waals surface area contributed by atoms with Gasteiger partial charge in [-0.2, -0.15) is 0 Å². The fourth-order valence-corrected chi connectivity index (χ4v) is 2.64. The third-order valence-corrected chi connectivity index (χ3v) is 4.02. The van der Waals surface area contributed by atoms with E-state index in [9.17, 15) is 4.79 Å². The van der Waals surface area contributed by atoms with E-state index in [0.29, 0.717) is 25.5 Å². The topological polar surface area (TPSA) is 79.8 Å². The second-order valence-electron chi connectivity index (χ2n) is 5.57. The van der Waals surface area contributed by atoms with Crippen LogP contribution in [0, 0.1) is 0 Å². The summed E-state index contributed by atoms with van der Waals surface area (Å²) in [6.07, 6.45) is 3.19. The molecule has 126 valence electrons. The second kappa shape index (κ2) is 8.19. The van der Waals surface area contributed by atoms with E-state index in [0.717, 1.165) is 51.8 Å². The lowest BCUT2D eigenvalue weighted by Gasteiger charge is -2.27. The monoisotopic (exact) mass is 321 g/mol. The number of hydrogen-bond donors (Lipinski definition) is 1. The first kappa shape index (κ1) is 16.1. The van der Waals surface area contributed by atoms with Crippen molar-refractivity contribution in [2.45, 2.75) is 0 Å². The van der Waals surface area contributed by atoms with Crippen molar-refractivity contribution >= 4 is 11.7 Å². The first-order valence-corrected chi connectivity index (χ1v) is 8.06. The summed E-state index contributed by atoms with van der Waals surface area (Å²) in [4.78, 5) is 25.0. The molecule has 1 N–H and O–H groups in total. The Morgan fingerprint density at radius 1 is 1.04 bits per heavy atom. The second-order valence-corrected chi connectivity index (χ2v) is 5.57. The Bertz CT molecular complexity index is 498. The predicted octanol–water partition coefficient (Wildman–Crippen LogP) is -0.625. The molecule has 2 aliphatic rings. The van der Waals surface area contributed by atoms with Crippen molar-refractivity contribution in [3.63, 3.8) is 0 Å². The Balaban J connectivity index is 1.45. The summed E-state index contributed by atoms with van der Waals surface area (Å²) in [5.41, 5.74) is 0.351. The number of amides is 1. The summed E-state index contributed by atoms with van der Waals surface area (Å²) >= 11 is 0. The largest absolute Gasteiger partial charge is 0.379 e. The number of carbonyl (C=O) groups is 1. The van der Waals surface area contributed by atoms with Gasteiger partial charge in [0, 0.05) is 39.3 Å². The molecular weight excluding hydrogens is 298 g/mol. The van der Waals surface area contributed by atoms with Gasteiger partial charge in [-0.25, -0.2) is 9.97 Å². The molecule has 0 bridgehead atoms. The minimum absolute atomic E-state index is 0.181. The lowest BCUT2D eigenvalue weighted by molar-refractivity contribution is 0.0383. The van der Waals surface area contributed by atoms with E-state index in [1.54, 1.807) is 6.20 Å². The van der Waals surface area contributed by atoms with Gasteiger partial charge in [0.05, 0.1) is 38.8 Å². The van der Waals surface area contributed by atoms with Gasteiger partial charge in [-0.1, -0.05) is 0 Å². The number of carbonyl (C=O) groups excluding carboxylic acids is 1. The van der Waals surface area contributed by atoms with Crippen LogP contribution in [-0.4, -0.2) is 86.5 Å². The zero-order chi connectivity index (χ0) is 15.9. The molecule has 2 saturated heterocycles. The van der Waals surface area contributed by atoms with Crippen LogP contribution in [0.15, 0.2) is 12.4 Å². The maximum Gasteiger partial charge on any atom is 0.271 e. The molecule has 2 fully saturated rings. The molecule has 0 spiro atoms. The van der Waals surface area contributed by atoms with E-state index in [-0.39, 0.29) is 5.91 Å². The number of hydrogen-bond acceptors (Lipinski definition) is 7. The van der Waals surface area contributed by atoms with Crippen molar-refractivity contribution in [2.24, 2.45) is 0 Å². The van der Waals surface area contributed by atoms with Gasteiger partial charge in [0.15, 0.2) is 0 Å². The zero-order valence-electron chi connectivity index (χ0n) is 13.2. The Morgan fingerprint density at radius 2 is 1.74 bits per heavy atom. The Hall–Kier alpha value is -1.77. The van der Waals surface area contributed by atoms with Crippen molar-refractivity contribution in [1.82, 2.24) is 20.2 Å². The van der Waals surface area contributed by atoms with Crippen molar-refractivity contribution in [1.29, 1.82) is 0 Å². The maximum atomic E-state index is 12.1. The average Bonchev–Trinajstić information content (AvgIpc) is 2.63. The highest BCUT2D eigenvalue weighted by Gasteiger charge is 2.15. The molecule has 8 nitrogen and oxygen atoms in total. The van der Waals surface area contributed by atoms with E-state index in [1.807, 2.05) is 0 Å². The van der Waals surface area contributed by atoms with E-state index in [4.69, 9.17) is 9.47 Å². The van der Waals surface area contributed by atoms with Crippen molar-refractivity contribution in [2.75, 3.05) is 70.6 Å².